The van der Waals surface area contributed by atoms with Crippen molar-refractivity contribution in [1.29, 1.82) is 0 Å². The Hall–Kier alpha value is -1.97. The lowest BCUT2D eigenvalue weighted by Crippen LogP contribution is -2.16. The molecule has 0 aliphatic heterocycles. The zero-order chi connectivity index (χ0) is 16.2. The van der Waals surface area contributed by atoms with Crippen molar-refractivity contribution in [3.05, 3.63) is 10.4 Å². The molecule has 7 N–H and O–H groups in total. The maximum atomic E-state index is 12.0. The maximum absolute atomic E-state index is 12.0. The molecule has 1 aromatic heterocycles. The molecule has 0 fully saturated rings. The molecule has 0 saturated carbocycles. The van der Waals surface area contributed by atoms with E-state index < -0.39 is 24.4 Å². The maximum Gasteiger partial charge on any atom is 0.389 e. The summed E-state index contributed by atoms with van der Waals surface area (Å²) < 4.78 is 35.9. The molecule has 0 radical (unpaired) electrons. The Bertz CT molecular complexity index is 542. The first-order valence-electron chi connectivity index (χ1n) is 5.96. The van der Waals surface area contributed by atoms with Gasteiger partial charge in [-0.25, -0.2) is 0 Å². The summed E-state index contributed by atoms with van der Waals surface area (Å²) in [4.78, 5) is 22.4. The SMILES string of the molecule is NC(=O)c1sc(NCCCCC(F)(F)F)c(C(N)=O)c1N. The topological polar surface area (TPSA) is 124 Å². The van der Waals surface area contributed by atoms with E-state index in [0.717, 1.165) is 11.3 Å². The second kappa shape index (κ2) is 6.66. The van der Waals surface area contributed by atoms with Gasteiger partial charge in [-0.2, -0.15) is 13.2 Å². The second-order valence-corrected chi connectivity index (χ2v) is 5.30. The van der Waals surface area contributed by atoms with E-state index >= 15 is 0 Å². The molecule has 2 amide bonds. The van der Waals surface area contributed by atoms with Gasteiger partial charge >= 0.3 is 6.18 Å². The van der Waals surface area contributed by atoms with Crippen molar-refractivity contribution < 1.29 is 22.8 Å². The Balaban J connectivity index is 2.69. The third-order valence-electron chi connectivity index (χ3n) is 2.59. The number of hydrogen-bond donors (Lipinski definition) is 4. The molecule has 1 aromatic rings. The molecule has 0 atom stereocenters. The summed E-state index contributed by atoms with van der Waals surface area (Å²) in [5.41, 5.74) is 15.7. The molecule has 0 spiro atoms. The number of thiophene rings is 1. The van der Waals surface area contributed by atoms with Crippen LogP contribution >= 0.6 is 11.3 Å². The minimum atomic E-state index is -4.19. The van der Waals surface area contributed by atoms with Crippen LogP contribution in [-0.4, -0.2) is 24.5 Å². The van der Waals surface area contributed by atoms with Crippen molar-refractivity contribution in [3.63, 3.8) is 0 Å². The number of primary amides is 2. The fourth-order valence-electron chi connectivity index (χ4n) is 1.65. The first-order chi connectivity index (χ1) is 9.63. The van der Waals surface area contributed by atoms with Crippen molar-refractivity contribution in [2.45, 2.75) is 25.4 Å². The fraction of sp³-hybridized carbons (Fsp3) is 0.455. The van der Waals surface area contributed by atoms with Gasteiger partial charge in [0.05, 0.1) is 11.3 Å². The molecule has 0 aliphatic carbocycles. The zero-order valence-electron chi connectivity index (χ0n) is 10.9. The van der Waals surface area contributed by atoms with E-state index in [9.17, 15) is 22.8 Å². The summed E-state index contributed by atoms with van der Waals surface area (Å²) in [5, 5.41) is 3.00. The van der Waals surface area contributed by atoms with Crippen LogP contribution in [0.25, 0.3) is 0 Å². The average molecular weight is 324 g/mol. The third-order valence-corrected chi connectivity index (χ3v) is 3.77. The van der Waals surface area contributed by atoms with E-state index in [1.165, 1.54) is 0 Å². The molecule has 1 heterocycles. The second-order valence-electron chi connectivity index (χ2n) is 4.28. The Kier molecular flexibility index (Phi) is 5.41. The van der Waals surface area contributed by atoms with Gasteiger partial charge in [-0.05, 0) is 12.8 Å². The number of nitrogen functional groups attached to an aromatic ring is 1. The molecule has 6 nitrogen and oxygen atoms in total. The van der Waals surface area contributed by atoms with Gasteiger partial charge in [0.2, 0.25) is 0 Å². The highest BCUT2D eigenvalue weighted by molar-refractivity contribution is 7.19. The number of amides is 2. The van der Waals surface area contributed by atoms with Crippen LogP contribution in [-0.2, 0) is 0 Å². The fourth-order valence-corrected chi connectivity index (χ4v) is 2.65. The molecular formula is C11H15F3N4O2S. The minimum absolute atomic E-state index is 0.0124. The molecule has 1 rings (SSSR count). The first-order valence-corrected chi connectivity index (χ1v) is 6.77. The van der Waals surface area contributed by atoms with Gasteiger partial charge in [-0.15, -0.1) is 11.3 Å². The molecule has 21 heavy (non-hydrogen) atoms. The van der Waals surface area contributed by atoms with Gasteiger partial charge in [0.15, 0.2) is 0 Å². The molecular weight excluding hydrogens is 309 g/mol. The number of rotatable bonds is 7. The highest BCUT2D eigenvalue weighted by Crippen LogP contribution is 2.35. The van der Waals surface area contributed by atoms with Crippen LogP contribution in [0.1, 0.15) is 39.3 Å². The number of unbranched alkanes of at least 4 members (excludes halogenated alkanes) is 1. The molecule has 0 unspecified atom stereocenters. The molecule has 0 bridgehead atoms. The standard InChI is InChI=1S/C11H15F3N4O2S/c12-11(13,14)3-1-2-4-18-10-5(8(16)19)6(15)7(21-10)9(17)20/h18H,1-4,15H2,(H2,16,19)(H2,17,20). The van der Waals surface area contributed by atoms with Crippen LogP contribution in [0.4, 0.5) is 23.9 Å². The summed E-state index contributed by atoms with van der Waals surface area (Å²) in [6.45, 7) is 0.189. The smallest absolute Gasteiger partial charge is 0.389 e. The Morgan fingerprint density at radius 1 is 1.14 bits per heavy atom. The van der Waals surface area contributed by atoms with E-state index in [1.807, 2.05) is 0 Å². The van der Waals surface area contributed by atoms with E-state index in [4.69, 9.17) is 17.2 Å². The highest BCUT2D eigenvalue weighted by Gasteiger charge is 2.26. The van der Waals surface area contributed by atoms with Crippen LogP contribution in [0.5, 0.6) is 0 Å². The van der Waals surface area contributed by atoms with Gasteiger partial charge in [-0.1, -0.05) is 0 Å². The van der Waals surface area contributed by atoms with Crippen LogP contribution in [0.15, 0.2) is 0 Å². The Morgan fingerprint density at radius 3 is 2.24 bits per heavy atom. The van der Waals surface area contributed by atoms with Crippen LogP contribution in [0.3, 0.4) is 0 Å². The summed E-state index contributed by atoms with van der Waals surface area (Å²) in [5.74, 6) is -1.64. The molecule has 0 aliphatic rings. The van der Waals surface area contributed by atoms with Crippen LogP contribution < -0.4 is 22.5 Å². The summed E-state index contributed by atoms with van der Waals surface area (Å²) >= 11 is 0.852. The average Bonchev–Trinajstić information content (AvgIpc) is 2.64. The summed E-state index contributed by atoms with van der Waals surface area (Å²) in [7, 11) is 0. The lowest BCUT2D eigenvalue weighted by molar-refractivity contribution is -0.135. The summed E-state index contributed by atoms with van der Waals surface area (Å²) in [6, 6.07) is 0. The molecule has 118 valence electrons. The Morgan fingerprint density at radius 2 is 1.76 bits per heavy atom. The number of carbonyl (C=O) groups excluding carboxylic acids is 2. The van der Waals surface area contributed by atoms with E-state index in [0.29, 0.717) is 0 Å². The van der Waals surface area contributed by atoms with Gasteiger partial charge in [0.1, 0.15) is 9.88 Å². The molecule has 0 saturated heterocycles. The highest BCUT2D eigenvalue weighted by atomic mass is 32.1. The van der Waals surface area contributed by atoms with Gasteiger partial charge in [0, 0.05) is 13.0 Å². The molecule has 0 aromatic carbocycles. The largest absolute Gasteiger partial charge is 0.397 e. The number of nitrogens with one attached hydrogen (secondary N) is 1. The third kappa shape index (κ3) is 4.81. The van der Waals surface area contributed by atoms with E-state index in [1.54, 1.807) is 0 Å². The van der Waals surface area contributed by atoms with Gasteiger partial charge in [-0.3, -0.25) is 9.59 Å². The quantitative estimate of drug-likeness (QED) is 0.569. The lowest BCUT2D eigenvalue weighted by Gasteiger charge is -2.07. The number of halogens is 3. The lowest BCUT2D eigenvalue weighted by atomic mass is 10.2. The summed E-state index contributed by atoms with van der Waals surface area (Å²) in [6.07, 6.45) is -4.88. The van der Waals surface area contributed by atoms with Crippen molar-refractivity contribution in [1.82, 2.24) is 0 Å². The number of alkyl halides is 3. The zero-order valence-corrected chi connectivity index (χ0v) is 11.7. The van der Waals surface area contributed by atoms with Gasteiger partial charge in [0.25, 0.3) is 11.8 Å². The number of carbonyl (C=O) groups is 2. The van der Waals surface area contributed by atoms with Crippen molar-refractivity contribution in [3.8, 4) is 0 Å². The number of nitrogens with two attached hydrogens (primary N) is 3. The number of hydrogen-bond acceptors (Lipinski definition) is 5. The van der Waals surface area contributed by atoms with Gasteiger partial charge < -0.3 is 22.5 Å². The van der Waals surface area contributed by atoms with Crippen molar-refractivity contribution in [2.24, 2.45) is 11.5 Å². The van der Waals surface area contributed by atoms with Crippen molar-refractivity contribution in [2.75, 3.05) is 17.6 Å². The predicted octanol–water partition coefficient (Wildman–Crippen LogP) is 1.67. The van der Waals surface area contributed by atoms with Crippen molar-refractivity contribution >= 4 is 33.8 Å². The number of anilines is 2. The molecule has 10 heteroatoms. The normalized spacial score (nSPS) is 11.4. The predicted molar refractivity (Wildman–Crippen MR) is 74.2 cm³/mol. The van der Waals surface area contributed by atoms with E-state index in [2.05, 4.69) is 5.32 Å². The monoisotopic (exact) mass is 324 g/mol. The van der Waals surface area contributed by atoms with Crippen LogP contribution in [0, 0.1) is 0 Å². The first kappa shape index (κ1) is 17.1. The Labute approximate surface area is 122 Å². The van der Waals surface area contributed by atoms with Crippen LogP contribution in [0.2, 0.25) is 0 Å². The van der Waals surface area contributed by atoms with E-state index in [-0.39, 0.29) is 40.5 Å². The minimum Gasteiger partial charge on any atom is -0.397 e.